The first-order valence-electron chi connectivity index (χ1n) is 10.1. The number of hydrogen-bond acceptors (Lipinski definition) is 7. The number of nitrogens with zero attached hydrogens (tertiary/aromatic N) is 4. The first kappa shape index (κ1) is 18.7. The zero-order chi connectivity index (χ0) is 21.2. The van der Waals surface area contributed by atoms with Crippen LogP contribution in [0.25, 0.3) is 5.52 Å². The van der Waals surface area contributed by atoms with Gasteiger partial charge in [0.2, 0.25) is 0 Å². The van der Waals surface area contributed by atoms with E-state index in [2.05, 4.69) is 4.98 Å². The third-order valence-corrected chi connectivity index (χ3v) is 6.19. The smallest absolute Gasteiger partial charge is 0.354 e. The summed E-state index contributed by atoms with van der Waals surface area (Å²) in [7, 11) is 0. The van der Waals surface area contributed by atoms with Gasteiger partial charge in [0, 0.05) is 24.2 Å². The Balaban J connectivity index is 1.57. The second-order valence-corrected chi connectivity index (χ2v) is 8.30. The van der Waals surface area contributed by atoms with E-state index in [0.717, 1.165) is 31.2 Å². The second-order valence-electron chi connectivity index (χ2n) is 8.30. The molecule has 2 fully saturated rings. The van der Waals surface area contributed by atoms with Crippen LogP contribution in [-0.2, 0) is 6.42 Å². The third kappa shape index (κ3) is 2.86. The lowest BCUT2D eigenvalue weighted by Crippen LogP contribution is -2.44. The Bertz CT molecular complexity index is 1270. The Morgan fingerprint density at radius 3 is 2.73 bits per heavy atom. The molecule has 158 valence electrons. The summed E-state index contributed by atoms with van der Waals surface area (Å²) in [5, 5.41) is 0. The Hall–Kier alpha value is -3.30. The largest absolute Gasteiger partial charge is 0.432 e. The fourth-order valence-electron chi connectivity index (χ4n) is 4.67. The van der Waals surface area contributed by atoms with Gasteiger partial charge in [-0.2, -0.15) is 9.66 Å². The van der Waals surface area contributed by atoms with Crippen molar-refractivity contribution in [3.8, 4) is 0 Å². The molecule has 10 heteroatoms. The SMILES string of the molecule is Cc1c(N2CCC(Cc3coc(N)n3)C2)c(F)cn2c(=O)n(N)c(=O)c(C3CC3)c12. The van der Waals surface area contributed by atoms with Crippen molar-refractivity contribution in [2.45, 2.75) is 38.5 Å². The average molecular weight is 414 g/mol. The number of halogens is 1. The van der Waals surface area contributed by atoms with Gasteiger partial charge in [0.1, 0.15) is 6.26 Å². The number of hydrogen-bond donors (Lipinski definition) is 2. The molecule has 0 aromatic carbocycles. The summed E-state index contributed by atoms with van der Waals surface area (Å²) in [5.41, 5.74) is 7.11. The quantitative estimate of drug-likeness (QED) is 0.613. The lowest BCUT2D eigenvalue weighted by Gasteiger charge is -2.24. The minimum atomic E-state index is -0.740. The Kier molecular flexibility index (Phi) is 4.12. The van der Waals surface area contributed by atoms with Crippen LogP contribution in [0.4, 0.5) is 16.1 Å². The van der Waals surface area contributed by atoms with E-state index >= 15 is 4.39 Å². The van der Waals surface area contributed by atoms with Gasteiger partial charge in [-0.15, -0.1) is 0 Å². The summed E-state index contributed by atoms with van der Waals surface area (Å²) in [6.45, 7) is 3.07. The second kappa shape index (κ2) is 6.61. The molecule has 1 saturated carbocycles. The van der Waals surface area contributed by atoms with E-state index in [1.54, 1.807) is 13.2 Å². The number of anilines is 2. The van der Waals surface area contributed by atoms with Crippen molar-refractivity contribution >= 4 is 17.2 Å². The van der Waals surface area contributed by atoms with E-state index in [1.165, 1.54) is 4.40 Å². The van der Waals surface area contributed by atoms with Gasteiger partial charge in [0.05, 0.1) is 23.1 Å². The molecule has 1 aliphatic heterocycles. The van der Waals surface area contributed by atoms with Crippen molar-refractivity contribution in [3.63, 3.8) is 0 Å². The standard InChI is InChI=1S/C20H23FN6O3/c1-10-16(25-5-4-11(7-25)6-13-9-30-19(22)24-13)14(21)8-26-17(10)15(12-2-3-12)18(28)27(23)20(26)29/h8-9,11-12H,2-7,23H2,1H3,(H2,22,24). The molecule has 3 aromatic heterocycles. The summed E-state index contributed by atoms with van der Waals surface area (Å²) < 4.78 is 22.0. The van der Waals surface area contributed by atoms with Crippen molar-refractivity contribution in [1.82, 2.24) is 14.1 Å². The molecule has 2 aliphatic rings. The number of rotatable bonds is 4. The monoisotopic (exact) mass is 414 g/mol. The van der Waals surface area contributed by atoms with E-state index in [0.29, 0.717) is 46.5 Å². The first-order chi connectivity index (χ1) is 14.3. The van der Waals surface area contributed by atoms with Gasteiger partial charge in [0.15, 0.2) is 5.82 Å². The maximum atomic E-state index is 15.2. The van der Waals surface area contributed by atoms with Gasteiger partial charge >= 0.3 is 5.69 Å². The van der Waals surface area contributed by atoms with Gasteiger partial charge in [-0.25, -0.2) is 9.18 Å². The van der Waals surface area contributed by atoms with Crippen LogP contribution in [0.1, 0.15) is 42.0 Å². The Labute approximate surface area is 170 Å². The predicted molar refractivity (Wildman–Crippen MR) is 110 cm³/mol. The Morgan fingerprint density at radius 1 is 1.30 bits per heavy atom. The van der Waals surface area contributed by atoms with Crippen LogP contribution in [0.2, 0.25) is 0 Å². The number of fused-ring (bicyclic) bond motifs is 1. The predicted octanol–water partition coefficient (Wildman–Crippen LogP) is 1.14. The van der Waals surface area contributed by atoms with Crippen LogP contribution < -0.4 is 27.7 Å². The van der Waals surface area contributed by atoms with Gasteiger partial charge in [-0.3, -0.25) is 9.20 Å². The van der Waals surface area contributed by atoms with E-state index in [1.807, 2.05) is 4.90 Å². The molecule has 1 aliphatic carbocycles. The number of nitrogens with two attached hydrogens (primary N) is 2. The van der Waals surface area contributed by atoms with E-state index in [-0.39, 0.29) is 17.9 Å². The van der Waals surface area contributed by atoms with Crippen molar-refractivity contribution < 1.29 is 8.81 Å². The Morgan fingerprint density at radius 2 is 2.07 bits per heavy atom. The fraction of sp³-hybridized carbons (Fsp3) is 0.450. The van der Waals surface area contributed by atoms with Crippen LogP contribution in [0, 0.1) is 18.7 Å². The van der Waals surface area contributed by atoms with Crippen LogP contribution in [0.3, 0.4) is 0 Å². The van der Waals surface area contributed by atoms with Crippen LogP contribution in [0.5, 0.6) is 0 Å². The number of pyridine rings is 1. The van der Waals surface area contributed by atoms with Gasteiger partial charge in [0.25, 0.3) is 11.6 Å². The zero-order valence-electron chi connectivity index (χ0n) is 16.6. The van der Waals surface area contributed by atoms with Gasteiger partial charge in [-0.1, -0.05) is 0 Å². The number of aromatic nitrogens is 3. The van der Waals surface area contributed by atoms with E-state index < -0.39 is 17.1 Å². The minimum absolute atomic E-state index is 0.0591. The molecule has 0 spiro atoms. The maximum absolute atomic E-state index is 15.2. The summed E-state index contributed by atoms with van der Waals surface area (Å²) in [4.78, 5) is 31.4. The van der Waals surface area contributed by atoms with Crippen molar-refractivity contribution in [3.05, 3.63) is 55.9 Å². The molecule has 4 heterocycles. The number of oxazole rings is 1. The van der Waals surface area contributed by atoms with Crippen molar-refractivity contribution in [1.29, 1.82) is 0 Å². The van der Waals surface area contributed by atoms with Crippen LogP contribution >= 0.6 is 0 Å². The molecule has 1 atom stereocenters. The molecule has 0 radical (unpaired) electrons. The van der Waals surface area contributed by atoms with Crippen molar-refractivity contribution in [2.24, 2.45) is 5.92 Å². The minimum Gasteiger partial charge on any atom is -0.432 e. The van der Waals surface area contributed by atoms with Crippen LogP contribution in [-0.4, -0.2) is 27.2 Å². The normalized spacial score (nSPS) is 19.1. The summed E-state index contributed by atoms with van der Waals surface area (Å²) in [5.74, 6) is 5.51. The maximum Gasteiger partial charge on any atom is 0.354 e. The molecular weight excluding hydrogens is 391 g/mol. The molecule has 0 amide bonds. The molecule has 0 bridgehead atoms. The molecular formula is C20H23FN6O3. The highest BCUT2D eigenvalue weighted by molar-refractivity contribution is 5.72. The number of aryl methyl sites for hydroxylation is 1. The lowest BCUT2D eigenvalue weighted by molar-refractivity contribution is 0.558. The molecule has 1 unspecified atom stereocenters. The summed E-state index contributed by atoms with van der Waals surface area (Å²) in [6.07, 6.45) is 5.98. The molecule has 5 rings (SSSR count). The molecule has 30 heavy (non-hydrogen) atoms. The molecule has 3 aromatic rings. The summed E-state index contributed by atoms with van der Waals surface area (Å²) >= 11 is 0. The van der Waals surface area contributed by atoms with Gasteiger partial charge in [-0.05, 0) is 44.4 Å². The lowest BCUT2D eigenvalue weighted by atomic mass is 10.0. The molecule has 4 N–H and O–H groups in total. The molecule has 1 saturated heterocycles. The zero-order valence-corrected chi connectivity index (χ0v) is 16.6. The van der Waals surface area contributed by atoms with E-state index in [9.17, 15) is 9.59 Å². The summed E-state index contributed by atoms with van der Waals surface area (Å²) in [6, 6.07) is 0.139. The fourth-order valence-corrected chi connectivity index (χ4v) is 4.67. The van der Waals surface area contributed by atoms with Gasteiger partial charge < -0.3 is 20.9 Å². The third-order valence-electron chi connectivity index (χ3n) is 6.19. The van der Waals surface area contributed by atoms with Crippen LogP contribution in [0.15, 0.2) is 26.5 Å². The average Bonchev–Trinajstić information content (AvgIpc) is 3.31. The first-order valence-corrected chi connectivity index (χ1v) is 10.1. The highest BCUT2D eigenvalue weighted by Gasteiger charge is 2.33. The molecule has 9 nitrogen and oxygen atoms in total. The van der Waals surface area contributed by atoms with Crippen molar-refractivity contribution in [2.75, 3.05) is 29.6 Å². The highest BCUT2D eigenvalue weighted by atomic mass is 19.1. The topological polar surface area (TPSA) is 125 Å². The highest BCUT2D eigenvalue weighted by Crippen LogP contribution is 2.42. The van der Waals surface area contributed by atoms with E-state index in [4.69, 9.17) is 16.0 Å². The number of nitrogen functional groups attached to an aromatic ring is 2.